The van der Waals surface area contributed by atoms with Crippen LogP contribution in [-0.4, -0.2) is 40.5 Å². The molecule has 0 spiro atoms. The van der Waals surface area contributed by atoms with E-state index in [0.29, 0.717) is 0 Å². The molecule has 0 fully saturated rings. The Morgan fingerprint density at radius 3 is 2.54 bits per heavy atom. The summed E-state index contributed by atoms with van der Waals surface area (Å²) in [6, 6.07) is 2.95. The van der Waals surface area contributed by atoms with Gasteiger partial charge in [0.25, 0.3) is 0 Å². The molecule has 0 aliphatic carbocycles. The highest BCUT2D eigenvalue weighted by molar-refractivity contribution is 5.99. The van der Waals surface area contributed by atoms with Crippen LogP contribution >= 0.6 is 0 Å². The highest BCUT2D eigenvalue weighted by Crippen LogP contribution is 2.35. The third-order valence-electron chi connectivity index (χ3n) is 3.26. The normalized spacial score (nSPS) is 14.1. The Morgan fingerprint density at radius 1 is 1.46 bits per heavy atom. The van der Waals surface area contributed by atoms with E-state index in [1.54, 1.807) is 6.92 Å². The maximum Gasteiger partial charge on any atom is 0.354 e. The molecule has 9 heteroatoms. The number of aliphatic hydroxyl groups is 1. The number of carbonyl (C=O) groups excluding carboxylic acids is 2. The van der Waals surface area contributed by atoms with Crippen molar-refractivity contribution in [2.24, 2.45) is 5.92 Å². The van der Waals surface area contributed by atoms with Crippen molar-refractivity contribution in [3.05, 3.63) is 51.8 Å². The fraction of sp³-hybridized carbons (Fsp3) is 0.400. The summed E-state index contributed by atoms with van der Waals surface area (Å²) >= 11 is 0. The first-order valence-electron chi connectivity index (χ1n) is 7.03. The van der Waals surface area contributed by atoms with Crippen LogP contribution < -0.4 is 0 Å². The summed E-state index contributed by atoms with van der Waals surface area (Å²) in [4.78, 5) is 38.6. The highest BCUT2D eigenvalue weighted by atomic mass is 16.6. The molecular weight excluding hydrogens is 320 g/mol. The number of rotatable bonds is 8. The van der Waals surface area contributed by atoms with Crippen molar-refractivity contribution >= 4 is 11.8 Å². The zero-order valence-corrected chi connectivity index (χ0v) is 13.5. The lowest BCUT2D eigenvalue weighted by atomic mass is 9.82. The number of aliphatic hydroxyl groups excluding tert-OH is 1. The number of nitro groups is 1. The van der Waals surface area contributed by atoms with Gasteiger partial charge < -0.3 is 14.6 Å². The standard InChI is InChI=1S/C15H18N2O7/c1-4-24-14(19)11(9(2)18)12(10-6-5-7-16-8-10)13(17(21)22)15(20)23-3/h5-8,11-12,20H,4H2,1-3H3. The predicted octanol–water partition coefficient (Wildman–Crippen LogP) is 1.58. The monoisotopic (exact) mass is 338 g/mol. The highest BCUT2D eigenvalue weighted by Gasteiger charge is 2.45. The second kappa shape index (κ2) is 8.61. The van der Waals surface area contributed by atoms with Crippen molar-refractivity contribution in [3.63, 3.8) is 0 Å². The van der Waals surface area contributed by atoms with Gasteiger partial charge in [-0.2, -0.15) is 0 Å². The number of aromatic nitrogens is 1. The lowest BCUT2D eigenvalue weighted by Crippen LogP contribution is -2.34. The van der Waals surface area contributed by atoms with Gasteiger partial charge in [-0.05, 0) is 25.5 Å². The number of ether oxygens (including phenoxy) is 2. The second-order valence-corrected chi connectivity index (χ2v) is 4.76. The van der Waals surface area contributed by atoms with Gasteiger partial charge in [0, 0.05) is 12.4 Å². The van der Waals surface area contributed by atoms with Gasteiger partial charge in [-0.25, -0.2) is 0 Å². The maximum absolute atomic E-state index is 12.2. The molecular formula is C15H18N2O7. The van der Waals surface area contributed by atoms with Crippen molar-refractivity contribution < 1.29 is 29.1 Å². The first kappa shape index (κ1) is 19.1. The summed E-state index contributed by atoms with van der Waals surface area (Å²) < 4.78 is 9.42. The Balaban J connectivity index is 3.61. The van der Waals surface area contributed by atoms with Crippen LogP contribution in [0.1, 0.15) is 25.3 Å². The topological polar surface area (TPSA) is 129 Å². The molecule has 9 nitrogen and oxygen atoms in total. The number of Topliss-reactive ketones (excluding diaryl/α,β-unsaturated/α-hetero) is 1. The second-order valence-electron chi connectivity index (χ2n) is 4.76. The minimum atomic E-state index is -1.52. The molecule has 1 heterocycles. The van der Waals surface area contributed by atoms with Gasteiger partial charge in [0.1, 0.15) is 17.6 Å². The summed E-state index contributed by atoms with van der Waals surface area (Å²) in [5, 5.41) is 21.2. The first-order valence-corrected chi connectivity index (χ1v) is 7.03. The number of methoxy groups -OCH3 is 1. The van der Waals surface area contributed by atoms with Crippen molar-refractivity contribution in [3.8, 4) is 0 Å². The Kier molecular flexibility index (Phi) is 6.84. The summed E-state index contributed by atoms with van der Waals surface area (Å²) in [5.41, 5.74) is -0.625. The van der Waals surface area contributed by atoms with Gasteiger partial charge >= 0.3 is 17.6 Å². The molecule has 0 saturated carbocycles. The van der Waals surface area contributed by atoms with Crippen molar-refractivity contribution in [2.45, 2.75) is 19.8 Å². The number of hydrogen-bond acceptors (Lipinski definition) is 8. The third kappa shape index (κ3) is 4.28. The van der Waals surface area contributed by atoms with Gasteiger partial charge in [-0.3, -0.25) is 24.7 Å². The van der Waals surface area contributed by atoms with Crippen molar-refractivity contribution in [1.29, 1.82) is 0 Å². The zero-order chi connectivity index (χ0) is 18.3. The Hall–Kier alpha value is -2.97. The maximum atomic E-state index is 12.2. The third-order valence-corrected chi connectivity index (χ3v) is 3.26. The number of hydrogen-bond donors (Lipinski definition) is 1. The van der Waals surface area contributed by atoms with Gasteiger partial charge in [0.15, 0.2) is 0 Å². The van der Waals surface area contributed by atoms with Gasteiger partial charge in [0.05, 0.1) is 18.6 Å². The van der Waals surface area contributed by atoms with Crippen LogP contribution in [0.4, 0.5) is 0 Å². The molecule has 1 rings (SSSR count). The first-order chi connectivity index (χ1) is 11.3. The lowest BCUT2D eigenvalue weighted by Gasteiger charge is -2.21. The number of carbonyl (C=O) groups is 2. The molecule has 0 radical (unpaired) electrons. The van der Waals surface area contributed by atoms with Gasteiger partial charge in [-0.15, -0.1) is 0 Å². The van der Waals surface area contributed by atoms with Crippen LogP contribution in [0.2, 0.25) is 0 Å². The van der Waals surface area contributed by atoms with Crippen LogP contribution in [0.25, 0.3) is 0 Å². The van der Waals surface area contributed by atoms with Crippen LogP contribution in [0, 0.1) is 16.0 Å². The summed E-state index contributed by atoms with van der Waals surface area (Å²) in [6.07, 6.45) is 2.70. The fourth-order valence-corrected chi connectivity index (χ4v) is 2.27. The average molecular weight is 338 g/mol. The molecule has 0 aliphatic heterocycles. The largest absolute Gasteiger partial charge is 0.476 e. The van der Waals surface area contributed by atoms with Gasteiger partial charge in [-0.1, -0.05) is 6.07 Å². The number of esters is 1. The Labute approximate surface area is 138 Å². The Morgan fingerprint density at radius 2 is 2.12 bits per heavy atom. The molecule has 1 N–H and O–H groups in total. The SMILES string of the molecule is CCOC(=O)C(C(C)=O)C(C(=C(O)OC)[N+](=O)[O-])c1cccnc1. The summed E-state index contributed by atoms with van der Waals surface area (Å²) in [6.45, 7) is 2.66. The van der Waals surface area contributed by atoms with Crippen LogP contribution in [-0.2, 0) is 19.1 Å². The average Bonchev–Trinajstić information content (AvgIpc) is 2.54. The van der Waals surface area contributed by atoms with E-state index in [-0.39, 0.29) is 12.2 Å². The zero-order valence-electron chi connectivity index (χ0n) is 13.5. The predicted molar refractivity (Wildman–Crippen MR) is 81.4 cm³/mol. The van der Waals surface area contributed by atoms with Crippen molar-refractivity contribution in [1.82, 2.24) is 4.98 Å². The minimum absolute atomic E-state index is 0.00382. The number of pyridine rings is 1. The van der Waals surface area contributed by atoms with E-state index < -0.39 is 40.2 Å². The number of nitrogens with zero attached hydrogens (tertiary/aromatic N) is 2. The quantitative estimate of drug-likeness (QED) is 0.249. The smallest absolute Gasteiger partial charge is 0.354 e. The van der Waals surface area contributed by atoms with E-state index in [9.17, 15) is 24.8 Å². The molecule has 2 unspecified atom stereocenters. The van der Waals surface area contributed by atoms with Crippen molar-refractivity contribution in [2.75, 3.05) is 13.7 Å². The molecule has 1 aromatic rings. The molecule has 0 bridgehead atoms. The molecule has 0 aliphatic rings. The summed E-state index contributed by atoms with van der Waals surface area (Å²) in [7, 11) is 1.03. The van der Waals surface area contributed by atoms with Crippen LogP contribution in [0.15, 0.2) is 36.2 Å². The van der Waals surface area contributed by atoms with E-state index in [4.69, 9.17) is 4.74 Å². The molecule has 130 valence electrons. The molecule has 1 aromatic heterocycles. The minimum Gasteiger partial charge on any atom is -0.476 e. The fourth-order valence-electron chi connectivity index (χ4n) is 2.27. The van der Waals surface area contributed by atoms with E-state index >= 15 is 0 Å². The lowest BCUT2D eigenvalue weighted by molar-refractivity contribution is -0.436. The van der Waals surface area contributed by atoms with Crippen LogP contribution in [0.5, 0.6) is 0 Å². The van der Waals surface area contributed by atoms with E-state index in [0.717, 1.165) is 14.0 Å². The summed E-state index contributed by atoms with van der Waals surface area (Å²) in [5.74, 6) is -5.51. The molecule has 24 heavy (non-hydrogen) atoms. The molecule has 0 aromatic carbocycles. The van der Waals surface area contributed by atoms with Crippen LogP contribution in [0.3, 0.4) is 0 Å². The molecule has 2 atom stereocenters. The molecule has 0 amide bonds. The van der Waals surface area contributed by atoms with E-state index in [1.807, 2.05) is 0 Å². The Bertz CT molecular complexity index is 642. The van der Waals surface area contributed by atoms with E-state index in [1.165, 1.54) is 24.5 Å². The molecule has 0 saturated heterocycles. The van der Waals surface area contributed by atoms with E-state index in [2.05, 4.69) is 9.72 Å². The van der Waals surface area contributed by atoms with Gasteiger partial charge in [0.2, 0.25) is 0 Å². The number of allylic oxidation sites excluding steroid dienone is 1. The number of ketones is 1.